The molecule has 7 heteroatoms. The number of ether oxygens (including phenoxy) is 3. The van der Waals surface area contributed by atoms with Crippen molar-refractivity contribution in [3.63, 3.8) is 0 Å². The molecule has 1 atom stereocenters. The number of carbonyl (C=O) groups excluding carboxylic acids is 2. The van der Waals surface area contributed by atoms with E-state index in [0.717, 1.165) is 80.1 Å². The number of hydrogen-bond acceptors (Lipinski definition) is 6. The maximum atomic E-state index is 13.9. The molecule has 0 unspecified atom stereocenters. The van der Waals surface area contributed by atoms with Crippen LogP contribution in [0, 0.1) is 5.92 Å². The highest BCUT2D eigenvalue weighted by molar-refractivity contribution is 5.98. The topological polar surface area (TPSA) is 77.1 Å². The van der Waals surface area contributed by atoms with Crippen LogP contribution in [0.25, 0.3) is 5.57 Å². The minimum atomic E-state index is -0.346. The smallest absolute Gasteiger partial charge is 0.323 e. The first kappa shape index (κ1) is 36.2. The molecule has 0 spiro atoms. The lowest BCUT2D eigenvalue weighted by Crippen LogP contribution is -2.40. The largest absolute Gasteiger partial charge is 0.493 e. The van der Waals surface area contributed by atoms with Gasteiger partial charge in [-0.2, -0.15) is 0 Å². The predicted molar refractivity (Wildman–Crippen MR) is 183 cm³/mol. The van der Waals surface area contributed by atoms with Gasteiger partial charge in [-0.15, -0.1) is 0 Å². The summed E-state index contributed by atoms with van der Waals surface area (Å²) in [5.74, 6) is 1.33. The molecule has 2 aromatic rings. The van der Waals surface area contributed by atoms with E-state index >= 15 is 0 Å². The van der Waals surface area contributed by atoms with Gasteiger partial charge < -0.3 is 24.4 Å². The van der Waals surface area contributed by atoms with E-state index in [1.54, 1.807) is 4.90 Å². The number of amides is 1. The van der Waals surface area contributed by atoms with E-state index in [4.69, 9.17) is 14.2 Å². The number of benzene rings is 2. The summed E-state index contributed by atoms with van der Waals surface area (Å²) < 4.78 is 18.1. The molecule has 0 aliphatic heterocycles. The van der Waals surface area contributed by atoms with Gasteiger partial charge in [0.25, 0.3) is 5.91 Å². The average molecular weight is 621 g/mol. The Morgan fingerprint density at radius 3 is 2.18 bits per heavy atom. The van der Waals surface area contributed by atoms with Crippen molar-refractivity contribution in [1.82, 2.24) is 10.2 Å². The highest BCUT2D eigenvalue weighted by atomic mass is 16.5. The molecule has 0 heterocycles. The molecule has 1 fully saturated rings. The summed E-state index contributed by atoms with van der Waals surface area (Å²) in [5, 5.41) is 3.45. The van der Waals surface area contributed by atoms with Gasteiger partial charge >= 0.3 is 5.97 Å². The van der Waals surface area contributed by atoms with Gasteiger partial charge in [0, 0.05) is 31.8 Å². The first-order chi connectivity index (χ1) is 21.6. The van der Waals surface area contributed by atoms with E-state index < -0.39 is 0 Å². The SMILES string of the molecule is C=C(C)c1cc(C(=O)N(C)Cc2cccc(CN[C@@H](CC(C)C)C(=O)OC3CCCC3)c2)c(OCCCC)cc1OCCCC. The second-order valence-electron chi connectivity index (χ2n) is 12.9. The third-order valence-corrected chi connectivity index (χ3v) is 8.17. The molecule has 3 rings (SSSR count). The molecule has 0 radical (unpaired) electrons. The van der Waals surface area contributed by atoms with Gasteiger partial charge in [-0.25, -0.2) is 0 Å². The van der Waals surface area contributed by atoms with E-state index in [0.29, 0.717) is 49.3 Å². The van der Waals surface area contributed by atoms with Crippen molar-refractivity contribution in [2.24, 2.45) is 5.92 Å². The minimum Gasteiger partial charge on any atom is -0.493 e. The quantitative estimate of drug-likeness (QED) is 0.126. The third kappa shape index (κ3) is 11.5. The highest BCUT2D eigenvalue weighted by Crippen LogP contribution is 2.34. The van der Waals surface area contributed by atoms with Gasteiger partial charge in [0.05, 0.1) is 18.8 Å². The van der Waals surface area contributed by atoms with Gasteiger partial charge in [-0.05, 0) is 80.6 Å². The molecule has 45 heavy (non-hydrogen) atoms. The van der Waals surface area contributed by atoms with Gasteiger partial charge in [0.1, 0.15) is 23.6 Å². The van der Waals surface area contributed by atoms with Crippen molar-refractivity contribution in [3.05, 3.63) is 65.2 Å². The molecule has 1 aliphatic carbocycles. The van der Waals surface area contributed by atoms with Crippen LogP contribution >= 0.6 is 0 Å². The fraction of sp³-hybridized carbons (Fsp3) is 0.579. The van der Waals surface area contributed by atoms with Crippen molar-refractivity contribution >= 4 is 17.4 Å². The second-order valence-corrected chi connectivity index (χ2v) is 12.9. The monoisotopic (exact) mass is 620 g/mol. The van der Waals surface area contributed by atoms with Gasteiger partial charge in [0.15, 0.2) is 0 Å². The molecule has 1 N–H and O–H groups in total. The average Bonchev–Trinajstić information content (AvgIpc) is 3.52. The summed E-state index contributed by atoms with van der Waals surface area (Å²) in [5.41, 5.74) is 4.22. The molecule has 7 nitrogen and oxygen atoms in total. The Balaban J connectivity index is 1.74. The third-order valence-electron chi connectivity index (χ3n) is 8.17. The molecule has 2 aromatic carbocycles. The van der Waals surface area contributed by atoms with Gasteiger partial charge in [-0.1, -0.05) is 71.4 Å². The lowest BCUT2D eigenvalue weighted by Gasteiger charge is -2.23. The summed E-state index contributed by atoms with van der Waals surface area (Å²) in [6.45, 7) is 16.7. The van der Waals surface area contributed by atoms with E-state index in [2.05, 4.69) is 45.7 Å². The number of rotatable bonds is 19. The van der Waals surface area contributed by atoms with Crippen molar-refractivity contribution in [3.8, 4) is 11.5 Å². The van der Waals surface area contributed by atoms with Crippen LogP contribution < -0.4 is 14.8 Å². The van der Waals surface area contributed by atoms with E-state index in [1.165, 1.54) is 0 Å². The first-order valence-electron chi connectivity index (χ1n) is 17.0. The van der Waals surface area contributed by atoms with Gasteiger partial charge in [-0.3, -0.25) is 9.59 Å². The zero-order valence-corrected chi connectivity index (χ0v) is 28.6. The predicted octanol–water partition coefficient (Wildman–Crippen LogP) is 8.34. The number of carbonyl (C=O) groups is 2. The van der Waals surface area contributed by atoms with Gasteiger partial charge in [0.2, 0.25) is 0 Å². The zero-order chi connectivity index (χ0) is 32.8. The summed E-state index contributed by atoms with van der Waals surface area (Å²) in [7, 11) is 1.81. The second kappa shape index (κ2) is 18.6. The fourth-order valence-corrected chi connectivity index (χ4v) is 5.57. The molecular weight excluding hydrogens is 564 g/mol. The molecule has 0 bridgehead atoms. The Morgan fingerprint density at radius 1 is 0.956 bits per heavy atom. The van der Waals surface area contributed by atoms with Crippen molar-refractivity contribution in [2.75, 3.05) is 20.3 Å². The summed E-state index contributed by atoms with van der Waals surface area (Å²) in [6, 6.07) is 11.5. The summed E-state index contributed by atoms with van der Waals surface area (Å²) in [4.78, 5) is 28.6. The van der Waals surface area contributed by atoms with Crippen LogP contribution in [-0.2, 0) is 22.6 Å². The Labute approximate surface area is 271 Å². The summed E-state index contributed by atoms with van der Waals surface area (Å²) in [6.07, 6.45) is 8.84. The van der Waals surface area contributed by atoms with Crippen LogP contribution in [0.5, 0.6) is 11.5 Å². The molecule has 1 saturated carbocycles. The number of hydrogen-bond donors (Lipinski definition) is 1. The van der Waals surface area contributed by atoms with Crippen LogP contribution in [0.2, 0.25) is 0 Å². The maximum absolute atomic E-state index is 13.9. The lowest BCUT2D eigenvalue weighted by atomic mass is 10.0. The lowest BCUT2D eigenvalue weighted by molar-refractivity contribution is -0.151. The molecule has 1 amide bonds. The van der Waals surface area contributed by atoms with Crippen LogP contribution in [0.4, 0.5) is 0 Å². The maximum Gasteiger partial charge on any atom is 0.323 e. The fourth-order valence-electron chi connectivity index (χ4n) is 5.57. The molecule has 0 saturated heterocycles. The molecule has 0 aromatic heterocycles. The van der Waals surface area contributed by atoms with E-state index in [1.807, 2.05) is 44.3 Å². The highest BCUT2D eigenvalue weighted by Gasteiger charge is 2.26. The number of nitrogens with zero attached hydrogens (tertiary/aromatic N) is 1. The Hall–Kier alpha value is -3.32. The van der Waals surface area contributed by atoms with Crippen molar-refractivity contribution in [2.45, 2.75) is 118 Å². The van der Waals surface area contributed by atoms with Crippen LogP contribution in [0.15, 0.2) is 43.0 Å². The molecule has 248 valence electrons. The van der Waals surface area contributed by atoms with Crippen LogP contribution in [0.3, 0.4) is 0 Å². The Bertz CT molecular complexity index is 1250. The number of allylic oxidation sites excluding steroid dienone is 1. The van der Waals surface area contributed by atoms with E-state index in [9.17, 15) is 9.59 Å². The number of esters is 1. The molecular formula is C38H56N2O5. The zero-order valence-electron chi connectivity index (χ0n) is 28.6. The normalized spacial score (nSPS) is 13.9. The Kier molecular flexibility index (Phi) is 14.9. The number of nitrogens with one attached hydrogen (secondary N) is 1. The Morgan fingerprint density at radius 2 is 1.58 bits per heavy atom. The molecule has 1 aliphatic rings. The minimum absolute atomic E-state index is 0.0548. The standard InChI is InChI=1S/C38H56N2O5/c1-8-10-19-43-35-24-36(44-20-11-9-2)33(23-32(35)28(5)6)37(41)40(7)26-30-16-14-15-29(22-30)25-39-34(21-27(3)4)38(42)45-31-17-12-13-18-31/h14-16,22-24,27,31,34,39H,5,8-13,17-21,25-26H2,1-4,6-7H3/t34-/m0/s1. The van der Waals surface area contributed by atoms with E-state index in [-0.39, 0.29) is 24.0 Å². The van der Waals surface area contributed by atoms with Crippen molar-refractivity contribution in [1.29, 1.82) is 0 Å². The van der Waals surface area contributed by atoms with Crippen LogP contribution in [-0.4, -0.2) is 49.2 Å². The summed E-state index contributed by atoms with van der Waals surface area (Å²) >= 11 is 0. The number of unbranched alkanes of at least 4 members (excludes halogenated alkanes) is 2. The van der Waals surface area contributed by atoms with Crippen LogP contribution in [0.1, 0.15) is 119 Å². The van der Waals surface area contributed by atoms with Crippen molar-refractivity contribution < 1.29 is 23.8 Å². The first-order valence-corrected chi connectivity index (χ1v) is 17.0.